The zero-order chi connectivity index (χ0) is 37.6. The van der Waals surface area contributed by atoms with Gasteiger partial charge in [0.2, 0.25) is 17.7 Å². The average Bonchev–Trinajstić information content (AvgIpc) is 3.06. The number of sulfone groups is 1. The van der Waals surface area contributed by atoms with Crippen molar-refractivity contribution in [3.8, 4) is 0 Å². The predicted molar refractivity (Wildman–Crippen MR) is 202 cm³/mol. The molecule has 1 saturated heterocycles. The highest BCUT2D eigenvalue weighted by molar-refractivity contribution is 7.92. The fourth-order valence-electron chi connectivity index (χ4n) is 7.38. The number of carbonyl (C=O) groups excluding carboxylic acids is 3. The first-order valence-corrected chi connectivity index (χ1v) is 20.1. The molecule has 1 aliphatic heterocycles. The van der Waals surface area contributed by atoms with Gasteiger partial charge in [0.05, 0.1) is 29.5 Å². The molecule has 0 spiro atoms. The molecule has 1 aliphatic carbocycles. The van der Waals surface area contributed by atoms with Crippen molar-refractivity contribution in [3.63, 3.8) is 0 Å². The number of aliphatic hydroxyl groups excluding tert-OH is 1. The summed E-state index contributed by atoms with van der Waals surface area (Å²) in [6, 6.07) is 16.0. The number of β-amino-alcohol motifs (C(OH)–C–C–N with tert-alkyl or cyclic N) is 1. The third-order valence-electron chi connectivity index (χ3n) is 10.6. The molecule has 2 aromatic rings. The lowest BCUT2D eigenvalue weighted by atomic mass is 9.72. The van der Waals surface area contributed by atoms with Gasteiger partial charge in [-0.05, 0) is 83.4 Å². The van der Waals surface area contributed by atoms with Crippen LogP contribution in [-0.2, 0) is 30.6 Å². The van der Waals surface area contributed by atoms with Gasteiger partial charge in [-0.1, -0.05) is 67.8 Å². The molecule has 51 heavy (non-hydrogen) atoms. The number of carbonyl (C=O) groups is 3. The van der Waals surface area contributed by atoms with Crippen molar-refractivity contribution in [3.05, 3.63) is 66.2 Å². The maximum absolute atomic E-state index is 14.2. The zero-order valence-corrected chi connectivity index (χ0v) is 32.2. The fourth-order valence-corrected chi connectivity index (χ4v) is 7.97. The molecular weight excluding hydrogens is 667 g/mol. The lowest BCUT2D eigenvalue weighted by Crippen LogP contribution is -2.64. The van der Waals surface area contributed by atoms with E-state index in [0.29, 0.717) is 24.8 Å². The largest absolute Gasteiger partial charge is 0.390 e. The monoisotopic (exact) mass is 725 g/mol. The minimum absolute atomic E-state index is 0.0690. The van der Waals surface area contributed by atoms with Gasteiger partial charge in [-0.25, -0.2) is 8.42 Å². The molecule has 4 rings (SSSR count). The molecule has 1 heterocycles. The molecule has 4 N–H and O–H groups in total. The summed E-state index contributed by atoms with van der Waals surface area (Å²) < 4.78 is 24.5. The van der Waals surface area contributed by atoms with Crippen LogP contribution in [0.5, 0.6) is 0 Å². The van der Waals surface area contributed by atoms with Crippen molar-refractivity contribution in [2.75, 3.05) is 37.8 Å². The van der Waals surface area contributed by atoms with E-state index in [1.165, 1.54) is 13.8 Å². The number of benzene rings is 2. The third-order valence-corrected chi connectivity index (χ3v) is 12.8. The SMILES string of the molecule is CN(CC(=O)N[C@H](C(=O)NC(Cc1ccccc1)C(O)CN1C[C@H]2CCCC[C@H]2CC1C(=O)NC(C)(C)C)C(C)(C)S(C)(=O)=O)c1ccccc1. The number of nitrogens with zero attached hydrogens (tertiary/aromatic N) is 2. The molecule has 0 bridgehead atoms. The Hall–Kier alpha value is -3.48. The van der Waals surface area contributed by atoms with Crippen LogP contribution in [0, 0.1) is 11.8 Å². The number of likely N-dealkylation sites (N-methyl/N-ethyl adjacent to an activating group) is 1. The number of likely N-dealkylation sites (tertiary alicyclic amines) is 1. The standard InChI is InChI=1S/C39H59N5O6S/c1-38(2,3)42-36(47)32-23-28-18-14-15-19-29(28)24-44(32)25-33(45)31(22-27-16-10-8-11-17-27)40-37(48)35(39(4,5)51(7,49)50)41-34(46)26-43(6)30-20-12-9-13-21-30/h8-13,16-17,20-21,28-29,31-33,35,45H,14-15,18-19,22-26H2,1-7H3,(H,40,48)(H,41,46)(H,42,47)/t28-,29+,31?,32?,33?,35+/m0/s1. The first-order chi connectivity index (χ1) is 23.9. The van der Waals surface area contributed by atoms with E-state index in [-0.39, 0.29) is 25.4 Å². The number of hydrogen-bond donors (Lipinski definition) is 4. The van der Waals surface area contributed by atoms with Crippen LogP contribution in [0.1, 0.15) is 72.3 Å². The Morgan fingerprint density at radius 3 is 2.10 bits per heavy atom. The van der Waals surface area contributed by atoms with E-state index in [0.717, 1.165) is 43.2 Å². The Kier molecular flexibility index (Phi) is 13.4. The number of rotatable bonds is 14. The number of para-hydroxylation sites is 1. The van der Waals surface area contributed by atoms with Crippen LogP contribution in [0.4, 0.5) is 5.69 Å². The molecular formula is C39H59N5O6S. The Balaban J connectivity index is 1.60. The average molecular weight is 726 g/mol. The summed E-state index contributed by atoms with van der Waals surface area (Å²) in [5.74, 6) is -0.432. The first kappa shape index (κ1) is 40.3. The number of hydrogen-bond acceptors (Lipinski definition) is 8. The van der Waals surface area contributed by atoms with Crippen molar-refractivity contribution in [1.29, 1.82) is 0 Å². The molecule has 1 saturated carbocycles. The summed E-state index contributed by atoms with van der Waals surface area (Å²) in [6.45, 7) is 9.39. The number of fused-ring (bicyclic) bond motifs is 1. The van der Waals surface area contributed by atoms with Crippen LogP contribution < -0.4 is 20.9 Å². The normalized spacial score (nSPS) is 21.8. The molecule has 0 aromatic heterocycles. The van der Waals surface area contributed by atoms with E-state index in [1.54, 1.807) is 11.9 Å². The van der Waals surface area contributed by atoms with Gasteiger partial charge in [-0.2, -0.15) is 0 Å². The maximum atomic E-state index is 14.2. The summed E-state index contributed by atoms with van der Waals surface area (Å²) in [5.41, 5.74) is 1.23. The number of amides is 3. The zero-order valence-electron chi connectivity index (χ0n) is 31.4. The highest BCUT2D eigenvalue weighted by Crippen LogP contribution is 2.39. The van der Waals surface area contributed by atoms with E-state index in [9.17, 15) is 27.9 Å². The minimum Gasteiger partial charge on any atom is -0.390 e. The van der Waals surface area contributed by atoms with Crippen LogP contribution in [0.2, 0.25) is 0 Å². The van der Waals surface area contributed by atoms with E-state index < -0.39 is 56.2 Å². The van der Waals surface area contributed by atoms with Crippen LogP contribution in [0.25, 0.3) is 0 Å². The second kappa shape index (κ2) is 16.9. The van der Waals surface area contributed by atoms with Crippen LogP contribution >= 0.6 is 0 Å². The van der Waals surface area contributed by atoms with E-state index in [2.05, 4.69) is 20.9 Å². The van der Waals surface area contributed by atoms with Gasteiger partial charge in [0, 0.05) is 37.6 Å². The van der Waals surface area contributed by atoms with Crippen molar-refractivity contribution < 1.29 is 27.9 Å². The van der Waals surface area contributed by atoms with Gasteiger partial charge in [0.25, 0.3) is 0 Å². The van der Waals surface area contributed by atoms with Crippen LogP contribution in [0.3, 0.4) is 0 Å². The molecule has 11 nitrogen and oxygen atoms in total. The molecule has 2 aliphatic rings. The lowest BCUT2D eigenvalue weighted by molar-refractivity contribution is -0.133. The molecule has 282 valence electrons. The second-order valence-corrected chi connectivity index (χ2v) is 18.8. The van der Waals surface area contributed by atoms with E-state index in [4.69, 9.17) is 0 Å². The Labute approximate surface area is 304 Å². The van der Waals surface area contributed by atoms with Crippen molar-refractivity contribution in [2.24, 2.45) is 11.8 Å². The van der Waals surface area contributed by atoms with Gasteiger partial charge in [-0.3, -0.25) is 19.3 Å². The van der Waals surface area contributed by atoms with E-state index in [1.807, 2.05) is 81.4 Å². The summed E-state index contributed by atoms with van der Waals surface area (Å²) in [4.78, 5) is 45.1. The fraction of sp³-hybridized carbons (Fsp3) is 0.615. The summed E-state index contributed by atoms with van der Waals surface area (Å²) in [7, 11) is -2.12. The van der Waals surface area contributed by atoms with Crippen molar-refractivity contribution >= 4 is 33.2 Å². The quantitative estimate of drug-likeness (QED) is 0.232. The summed E-state index contributed by atoms with van der Waals surface area (Å²) >= 11 is 0. The first-order valence-electron chi connectivity index (χ1n) is 18.2. The minimum atomic E-state index is -3.86. The Morgan fingerprint density at radius 2 is 1.51 bits per heavy atom. The number of aliphatic hydroxyl groups is 1. The lowest BCUT2D eigenvalue weighted by Gasteiger charge is -2.47. The summed E-state index contributed by atoms with van der Waals surface area (Å²) in [6.07, 6.45) is 5.38. The molecule has 2 aromatic carbocycles. The smallest absolute Gasteiger partial charge is 0.244 e. The van der Waals surface area contributed by atoms with Crippen LogP contribution in [-0.4, -0.2) is 104 Å². The molecule has 6 atom stereocenters. The van der Waals surface area contributed by atoms with Gasteiger partial charge < -0.3 is 26.0 Å². The summed E-state index contributed by atoms with van der Waals surface area (Å²) in [5, 5.41) is 20.8. The highest BCUT2D eigenvalue weighted by atomic mass is 32.2. The topological polar surface area (TPSA) is 148 Å². The third kappa shape index (κ3) is 11.0. The molecule has 3 unspecified atom stereocenters. The van der Waals surface area contributed by atoms with Crippen LogP contribution in [0.15, 0.2) is 60.7 Å². The van der Waals surface area contributed by atoms with Crippen molar-refractivity contribution in [2.45, 2.75) is 108 Å². The number of anilines is 1. The number of piperidine rings is 1. The van der Waals surface area contributed by atoms with Gasteiger partial charge in [-0.15, -0.1) is 0 Å². The Morgan fingerprint density at radius 1 is 0.922 bits per heavy atom. The molecule has 3 amide bonds. The maximum Gasteiger partial charge on any atom is 0.244 e. The molecule has 2 fully saturated rings. The van der Waals surface area contributed by atoms with Gasteiger partial charge in [0.1, 0.15) is 6.04 Å². The van der Waals surface area contributed by atoms with E-state index >= 15 is 0 Å². The Bertz CT molecular complexity index is 1580. The predicted octanol–water partition coefficient (Wildman–Crippen LogP) is 3.31. The number of nitrogens with one attached hydrogen (secondary N) is 3. The van der Waals surface area contributed by atoms with Crippen molar-refractivity contribution in [1.82, 2.24) is 20.9 Å². The van der Waals surface area contributed by atoms with Gasteiger partial charge >= 0.3 is 0 Å². The second-order valence-electron chi connectivity index (χ2n) is 16.2. The molecule has 0 radical (unpaired) electrons. The highest BCUT2D eigenvalue weighted by Gasteiger charge is 2.46. The van der Waals surface area contributed by atoms with Gasteiger partial charge in [0.15, 0.2) is 9.84 Å². The molecule has 12 heteroatoms.